The molecular formula is C11H22O2Si. The number of hydrogen-bond acceptors (Lipinski definition) is 2. The molecule has 0 aliphatic heterocycles. The summed E-state index contributed by atoms with van der Waals surface area (Å²) < 4.78 is 0. The Morgan fingerprint density at radius 3 is 1.79 bits per heavy atom. The summed E-state index contributed by atoms with van der Waals surface area (Å²) in [5.41, 5.74) is 0. The van der Waals surface area contributed by atoms with Crippen LogP contribution in [-0.2, 0) is 9.59 Å². The molecule has 0 fully saturated rings. The SMILES string of the molecule is CCC(=O)C(=O)C[Si](C)(C)C(C)(C)C. The van der Waals surface area contributed by atoms with Gasteiger partial charge in [0.05, 0.1) is 8.07 Å². The summed E-state index contributed by atoms with van der Waals surface area (Å²) in [7, 11) is -1.62. The minimum absolute atomic E-state index is 0.168. The minimum atomic E-state index is -1.62. The second kappa shape index (κ2) is 4.38. The summed E-state index contributed by atoms with van der Waals surface area (Å²) in [4.78, 5) is 22.7. The van der Waals surface area contributed by atoms with E-state index in [1.807, 2.05) is 0 Å². The van der Waals surface area contributed by atoms with Crippen molar-refractivity contribution < 1.29 is 9.59 Å². The molecule has 0 saturated carbocycles. The number of carbonyl (C=O) groups excluding carboxylic acids is 2. The van der Waals surface area contributed by atoms with Crippen LogP contribution in [0.15, 0.2) is 0 Å². The summed E-state index contributed by atoms with van der Waals surface area (Å²) in [6.07, 6.45) is 0.341. The maximum atomic E-state index is 11.5. The molecule has 0 aromatic rings. The van der Waals surface area contributed by atoms with Crippen molar-refractivity contribution in [2.45, 2.75) is 58.3 Å². The maximum Gasteiger partial charge on any atom is 0.197 e. The lowest BCUT2D eigenvalue weighted by Gasteiger charge is -2.36. The van der Waals surface area contributed by atoms with Gasteiger partial charge in [0.15, 0.2) is 11.6 Å². The second-order valence-corrected chi connectivity index (χ2v) is 11.1. The maximum absolute atomic E-state index is 11.5. The molecule has 0 radical (unpaired) electrons. The lowest BCUT2D eigenvalue weighted by Crippen LogP contribution is -2.40. The smallest absolute Gasteiger partial charge is 0.197 e. The van der Waals surface area contributed by atoms with E-state index >= 15 is 0 Å². The Balaban J connectivity index is 4.53. The Morgan fingerprint density at radius 2 is 1.50 bits per heavy atom. The molecule has 2 nitrogen and oxygen atoms in total. The zero-order valence-electron chi connectivity index (χ0n) is 10.2. The van der Waals surface area contributed by atoms with Gasteiger partial charge in [0, 0.05) is 12.5 Å². The fourth-order valence-corrected chi connectivity index (χ4v) is 2.49. The van der Waals surface area contributed by atoms with Gasteiger partial charge in [-0.05, 0) is 5.04 Å². The molecule has 0 N–H and O–H groups in total. The van der Waals surface area contributed by atoms with E-state index in [2.05, 4.69) is 33.9 Å². The molecule has 0 heterocycles. The third-order valence-corrected chi connectivity index (χ3v) is 8.53. The van der Waals surface area contributed by atoms with E-state index in [0.717, 1.165) is 0 Å². The fraction of sp³-hybridized carbons (Fsp3) is 0.818. The molecule has 0 bridgehead atoms. The Kier molecular flexibility index (Phi) is 4.25. The van der Waals surface area contributed by atoms with E-state index in [0.29, 0.717) is 12.5 Å². The third kappa shape index (κ3) is 3.37. The second-order valence-electron chi connectivity index (χ2n) is 5.51. The molecule has 0 atom stereocenters. The summed E-state index contributed by atoms with van der Waals surface area (Å²) >= 11 is 0. The predicted molar refractivity (Wildman–Crippen MR) is 62.3 cm³/mol. The zero-order chi connectivity index (χ0) is 11.6. The summed E-state index contributed by atoms with van der Waals surface area (Å²) in [5.74, 6) is -0.381. The van der Waals surface area contributed by atoms with Crippen molar-refractivity contribution in [1.82, 2.24) is 0 Å². The van der Waals surface area contributed by atoms with Gasteiger partial charge >= 0.3 is 0 Å². The van der Waals surface area contributed by atoms with Crippen LogP contribution in [0.1, 0.15) is 34.1 Å². The van der Waals surface area contributed by atoms with Gasteiger partial charge in [-0.1, -0.05) is 40.8 Å². The van der Waals surface area contributed by atoms with Crippen molar-refractivity contribution >= 4 is 19.6 Å². The molecule has 0 spiro atoms. The summed E-state index contributed by atoms with van der Waals surface area (Å²) in [6, 6.07) is 0.489. The number of carbonyl (C=O) groups is 2. The van der Waals surface area contributed by atoms with E-state index in [9.17, 15) is 9.59 Å². The molecule has 0 aromatic heterocycles. The molecule has 3 heteroatoms. The van der Waals surface area contributed by atoms with Crippen LogP contribution in [0, 0.1) is 0 Å². The van der Waals surface area contributed by atoms with Crippen LogP contribution < -0.4 is 0 Å². The molecule has 0 rings (SSSR count). The Labute approximate surface area is 88.1 Å². The van der Waals surface area contributed by atoms with Crippen LogP contribution in [0.3, 0.4) is 0 Å². The third-order valence-electron chi connectivity index (χ3n) is 3.26. The van der Waals surface area contributed by atoms with Crippen molar-refractivity contribution in [2.24, 2.45) is 0 Å². The molecule has 0 saturated heterocycles. The molecular weight excluding hydrogens is 192 g/mol. The Hall–Kier alpha value is -0.443. The van der Waals surface area contributed by atoms with Crippen molar-refractivity contribution in [2.75, 3.05) is 0 Å². The number of rotatable bonds is 4. The molecule has 82 valence electrons. The van der Waals surface area contributed by atoms with E-state index in [-0.39, 0.29) is 16.6 Å². The highest BCUT2D eigenvalue weighted by Gasteiger charge is 2.37. The van der Waals surface area contributed by atoms with Gasteiger partial charge in [0.2, 0.25) is 0 Å². The highest BCUT2D eigenvalue weighted by Crippen LogP contribution is 2.38. The highest BCUT2D eigenvalue weighted by atomic mass is 28.3. The van der Waals surface area contributed by atoms with Crippen LogP contribution in [0.4, 0.5) is 0 Å². The highest BCUT2D eigenvalue weighted by molar-refractivity contribution is 6.84. The van der Waals surface area contributed by atoms with Gasteiger partial charge in [-0.2, -0.15) is 0 Å². The van der Waals surface area contributed by atoms with Gasteiger partial charge in [-0.25, -0.2) is 0 Å². The normalized spacial score (nSPS) is 12.7. The standard InChI is InChI=1S/C11H22O2Si/c1-7-9(12)10(13)8-14(5,6)11(2,3)4/h7-8H2,1-6H3. The first-order valence-corrected chi connectivity index (χ1v) is 8.38. The predicted octanol–water partition coefficient (Wildman–Crippen LogP) is 3.04. The first-order chi connectivity index (χ1) is 6.12. The number of ketones is 2. The van der Waals surface area contributed by atoms with E-state index in [1.165, 1.54) is 0 Å². The Morgan fingerprint density at radius 1 is 1.07 bits per heavy atom. The quantitative estimate of drug-likeness (QED) is 0.532. The molecule has 0 aliphatic carbocycles. The molecule has 14 heavy (non-hydrogen) atoms. The molecule has 0 amide bonds. The molecule has 0 aromatic carbocycles. The largest absolute Gasteiger partial charge is 0.291 e. The summed E-state index contributed by atoms with van der Waals surface area (Å²) in [6.45, 7) is 12.6. The number of Topliss-reactive ketones (excluding diaryl/α,β-unsaturated/α-hetero) is 2. The average molecular weight is 214 g/mol. The first kappa shape index (κ1) is 13.6. The van der Waals surface area contributed by atoms with Crippen molar-refractivity contribution in [3.8, 4) is 0 Å². The minimum Gasteiger partial charge on any atom is -0.291 e. The van der Waals surface area contributed by atoms with Gasteiger partial charge in [0.25, 0.3) is 0 Å². The van der Waals surface area contributed by atoms with Crippen LogP contribution in [0.25, 0.3) is 0 Å². The fourth-order valence-electron chi connectivity index (χ4n) is 0.962. The molecule has 0 unspecified atom stereocenters. The van der Waals surface area contributed by atoms with Crippen molar-refractivity contribution in [3.05, 3.63) is 0 Å². The first-order valence-electron chi connectivity index (χ1n) is 5.18. The van der Waals surface area contributed by atoms with Crippen molar-refractivity contribution in [1.29, 1.82) is 0 Å². The van der Waals surface area contributed by atoms with Crippen molar-refractivity contribution in [3.63, 3.8) is 0 Å². The van der Waals surface area contributed by atoms with Crippen LogP contribution in [-0.4, -0.2) is 19.6 Å². The zero-order valence-corrected chi connectivity index (χ0v) is 11.2. The number of hydrogen-bond donors (Lipinski definition) is 0. The lowest BCUT2D eigenvalue weighted by atomic mass is 10.2. The van der Waals surface area contributed by atoms with Crippen LogP contribution >= 0.6 is 0 Å². The van der Waals surface area contributed by atoms with Gasteiger partial charge < -0.3 is 0 Å². The van der Waals surface area contributed by atoms with Crippen LogP contribution in [0.5, 0.6) is 0 Å². The van der Waals surface area contributed by atoms with Gasteiger partial charge in [0.1, 0.15) is 0 Å². The monoisotopic (exact) mass is 214 g/mol. The van der Waals surface area contributed by atoms with E-state index < -0.39 is 8.07 Å². The van der Waals surface area contributed by atoms with Crippen LogP contribution in [0.2, 0.25) is 24.2 Å². The topological polar surface area (TPSA) is 34.1 Å². The lowest BCUT2D eigenvalue weighted by molar-refractivity contribution is -0.135. The average Bonchev–Trinajstić information content (AvgIpc) is 2.00. The van der Waals surface area contributed by atoms with Gasteiger partial charge in [-0.15, -0.1) is 0 Å². The van der Waals surface area contributed by atoms with Gasteiger partial charge in [-0.3, -0.25) is 9.59 Å². The summed E-state index contributed by atoms with van der Waals surface area (Å²) in [5, 5.41) is 0.177. The van der Waals surface area contributed by atoms with E-state index in [4.69, 9.17) is 0 Å². The Bertz CT molecular complexity index is 236. The van der Waals surface area contributed by atoms with E-state index in [1.54, 1.807) is 6.92 Å². The molecule has 0 aliphatic rings.